The zero-order valence-corrected chi connectivity index (χ0v) is 41.4. The van der Waals surface area contributed by atoms with Gasteiger partial charge in [-0.25, -0.2) is 0 Å². The van der Waals surface area contributed by atoms with E-state index in [9.17, 15) is 9.59 Å². The Bertz CT molecular complexity index is 1070. The second-order valence-corrected chi connectivity index (χ2v) is 17.8. The van der Waals surface area contributed by atoms with E-state index < -0.39 is 6.10 Å². The lowest BCUT2D eigenvalue weighted by molar-refractivity contribution is -0.163. The third-order valence-corrected chi connectivity index (χ3v) is 11.6. The lowest BCUT2D eigenvalue weighted by Crippen LogP contribution is -2.30. The molecule has 1 unspecified atom stereocenters. The second-order valence-electron chi connectivity index (χ2n) is 17.8. The lowest BCUT2D eigenvalue weighted by atomic mass is 10.0. The van der Waals surface area contributed by atoms with Crippen LogP contribution in [0.2, 0.25) is 0 Å². The fourth-order valence-corrected chi connectivity index (χ4v) is 7.61. The van der Waals surface area contributed by atoms with Crippen molar-refractivity contribution in [3.8, 4) is 0 Å². The van der Waals surface area contributed by atoms with Crippen molar-refractivity contribution in [2.75, 3.05) is 19.8 Å². The van der Waals surface area contributed by atoms with Crippen LogP contribution in [0, 0.1) is 0 Å². The van der Waals surface area contributed by atoms with Gasteiger partial charge in [0.2, 0.25) is 0 Å². The number of hydrogen-bond acceptors (Lipinski definition) is 5. The fourth-order valence-electron chi connectivity index (χ4n) is 7.61. The zero-order chi connectivity index (χ0) is 44.9. The van der Waals surface area contributed by atoms with Crippen LogP contribution in [0.1, 0.15) is 265 Å². The van der Waals surface area contributed by atoms with Gasteiger partial charge in [0.05, 0.1) is 6.61 Å². The summed E-state index contributed by atoms with van der Waals surface area (Å²) in [6.07, 6.45) is 66.8. The number of esters is 2. The van der Waals surface area contributed by atoms with Crippen molar-refractivity contribution in [2.24, 2.45) is 0 Å². The highest BCUT2D eigenvalue weighted by Gasteiger charge is 2.17. The summed E-state index contributed by atoms with van der Waals surface area (Å²) in [5, 5.41) is 0. The molecular weight excluding hydrogens is 765 g/mol. The van der Waals surface area contributed by atoms with E-state index in [0.29, 0.717) is 19.4 Å². The van der Waals surface area contributed by atoms with Gasteiger partial charge >= 0.3 is 11.9 Å². The van der Waals surface area contributed by atoms with E-state index in [4.69, 9.17) is 14.2 Å². The Morgan fingerprint density at radius 2 is 0.726 bits per heavy atom. The van der Waals surface area contributed by atoms with Gasteiger partial charge in [0.15, 0.2) is 6.10 Å². The minimum Gasteiger partial charge on any atom is -0.462 e. The molecule has 0 bridgehead atoms. The predicted octanol–water partition coefficient (Wildman–Crippen LogP) is 18.1. The van der Waals surface area contributed by atoms with Crippen LogP contribution in [0.15, 0.2) is 60.8 Å². The van der Waals surface area contributed by atoms with E-state index in [1.165, 1.54) is 161 Å². The summed E-state index contributed by atoms with van der Waals surface area (Å²) in [6.45, 7) is 7.68. The number of ether oxygens (including phenoxy) is 3. The molecule has 0 radical (unpaired) electrons. The van der Waals surface area contributed by atoms with E-state index in [0.717, 1.165) is 70.6 Å². The number of hydrogen-bond donors (Lipinski definition) is 0. The smallest absolute Gasteiger partial charge is 0.306 e. The van der Waals surface area contributed by atoms with Gasteiger partial charge in [0.1, 0.15) is 6.61 Å². The Labute approximate surface area is 385 Å². The quantitative estimate of drug-likeness (QED) is 0.0346. The molecule has 0 heterocycles. The maximum Gasteiger partial charge on any atom is 0.306 e. The van der Waals surface area contributed by atoms with Crippen LogP contribution in [0.25, 0.3) is 0 Å². The standard InChI is InChI=1S/C57H102O5/c1-4-7-10-13-16-19-21-23-25-27-28-29-31-33-35-37-40-43-46-49-52-60-53-55(62-57(59)51-48-45-42-38-18-15-12-9-6-3)54-61-56(58)50-47-44-41-39-36-34-32-30-26-24-22-20-17-14-11-8-5-2/h8,11,17,20,24,26,32,34,39,41,55H,4-7,9-10,12-16,18-19,21-23,25,27-31,33,35-38,40,42-54H2,1-3H3/b11-8-,20-17-,26-24-,34-32-,41-39-. The summed E-state index contributed by atoms with van der Waals surface area (Å²) in [6, 6.07) is 0. The van der Waals surface area contributed by atoms with Crippen molar-refractivity contribution in [1.29, 1.82) is 0 Å². The van der Waals surface area contributed by atoms with Crippen LogP contribution in [0.3, 0.4) is 0 Å². The van der Waals surface area contributed by atoms with E-state index in [-0.39, 0.29) is 25.2 Å². The maximum atomic E-state index is 12.7. The summed E-state index contributed by atoms with van der Waals surface area (Å²) in [4.78, 5) is 25.3. The molecule has 0 spiro atoms. The number of rotatable bonds is 49. The van der Waals surface area contributed by atoms with E-state index in [1.54, 1.807) is 0 Å². The number of carbonyl (C=O) groups excluding carboxylic acids is 2. The maximum absolute atomic E-state index is 12.7. The van der Waals surface area contributed by atoms with Crippen LogP contribution in [0.4, 0.5) is 0 Å². The van der Waals surface area contributed by atoms with Crippen molar-refractivity contribution >= 4 is 11.9 Å². The Balaban J connectivity index is 4.21. The van der Waals surface area contributed by atoms with Gasteiger partial charge in [-0.15, -0.1) is 0 Å². The molecule has 5 nitrogen and oxygen atoms in total. The molecule has 0 aliphatic rings. The molecule has 0 N–H and O–H groups in total. The van der Waals surface area contributed by atoms with Gasteiger partial charge in [-0.05, 0) is 57.8 Å². The summed E-state index contributed by atoms with van der Waals surface area (Å²) in [5.74, 6) is -0.457. The van der Waals surface area contributed by atoms with Crippen molar-refractivity contribution in [2.45, 2.75) is 271 Å². The molecule has 0 aliphatic heterocycles. The van der Waals surface area contributed by atoms with Crippen LogP contribution < -0.4 is 0 Å². The topological polar surface area (TPSA) is 61.8 Å². The molecule has 0 amide bonds. The third-order valence-electron chi connectivity index (χ3n) is 11.6. The Kier molecular flexibility index (Phi) is 50.9. The molecule has 360 valence electrons. The molecule has 62 heavy (non-hydrogen) atoms. The average molecular weight is 867 g/mol. The molecule has 0 aromatic carbocycles. The summed E-state index contributed by atoms with van der Waals surface area (Å²) in [7, 11) is 0. The van der Waals surface area contributed by atoms with Crippen molar-refractivity contribution in [3.63, 3.8) is 0 Å². The normalized spacial score (nSPS) is 12.6. The predicted molar refractivity (Wildman–Crippen MR) is 270 cm³/mol. The van der Waals surface area contributed by atoms with Gasteiger partial charge in [-0.1, -0.05) is 255 Å². The molecule has 0 fully saturated rings. The highest BCUT2D eigenvalue weighted by atomic mass is 16.6. The Hall–Kier alpha value is -2.40. The van der Waals surface area contributed by atoms with Crippen molar-refractivity contribution < 1.29 is 23.8 Å². The molecule has 0 rings (SSSR count). The Morgan fingerprint density at radius 1 is 0.371 bits per heavy atom. The fraction of sp³-hybridized carbons (Fsp3) is 0.789. The van der Waals surface area contributed by atoms with Gasteiger partial charge < -0.3 is 14.2 Å². The van der Waals surface area contributed by atoms with Crippen LogP contribution in [-0.2, 0) is 23.8 Å². The van der Waals surface area contributed by atoms with Crippen molar-refractivity contribution in [3.05, 3.63) is 60.8 Å². The molecule has 0 aliphatic carbocycles. The molecule has 0 saturated heterocycles. The summed E-state index contributed by atoms with van der Waals surface area (Å²) in [5.41, 5.74) is 0. The van der Waals surface area contributed by atoms with Crippen LogP contribution in [-0.4, -0.2) is 37.9 Å². The SMILES string of the molecule is CC/C=C\C/C=C\C/C=C\C/C=C\C/C=C\CCCC(=O)OCC(COCCCCCCCCCCCCCCCCCCCCCC)OC(=O)CCCCCCCCCCC. The molecular formula is C57H102O5. The Morgan fingerprint density at radius 3 is 1.15 bits per heavy atom. The van der Waals surface area contributed by atoms with Gasteiger partial charge in [-0.2, -0.15) is 0 Å². The van der Waals surface area contributed by atoms with E-state index in [2.05, 4.69) is 81.5 Å². The first-order chi connectivity index (χ1) is 30.6. The van der Waals surface area contributed by atoms with E-state index in [1.807, 2.05) is 0 Å². The third kappa shape index (κ3) is 50.2. The molecule has 0 aromatic rings. The highest BCUT2D eigenvalue weighted by molar-refractivity contribution is 5.70. The monoisotopic (exact) mass is 867 g/mol. The zero-order valence-electron chi connectivity index (χ0n) is 41.4. The van der Waals surface area contributed by atoms with Crippen molar-refractivity contribution in [1.82, 2.24) is 0 Å². The molecule has 5 heteroatoms. The summed E-state index contributed by atoms with van der Waals surface area (Å²) >= 11 is 0. The number of allylic oxidation sites excluding steroid dienone is 10. The first-order valence-corrected chi connectivity index (χ1v) is 26.8. The minimum absolute atomic E-state index is 0.0588. The molecule has 0 saturated carbocycles. The minimum atomic E-state index is -0.555. The first-order valence-electron chi connectivity index (χ1n) is 26.8. The van der Waals surface area contributed by atoms with Gasteiger partial charge in [0, 0.05) is 19.4 Å². The van der Waals surface area contributed by atoms with Crippen LogP contribution >= 0.6 is 0 Å². The number of unbranched alkanes of at least 4 members (excludes halogenated alkanes) is 28. The molecule has 0 aromatic heterocycles. The summed E-state index contributed by atoms with van der Waals surface area (Å²) < 4.78 is 17.3. The van der Waals surface area contributed by atoms with Gasteiger partial charge in [-0.3, -0.25) is 9.59 Å². The molecule has 1 atom stereocenters. The number of carbonyl (C=O) groups is 2. The first kappa shape index (κ1) is 59.6. The highest BCUT2D eigenvalue weighted by Crippen LogP contribution is 2.16. The lowest BCUT2D eigenvalue weighted by Gasteiger charge is -2.18. The van der Waals surface area contributed by atoms with Crippen LogP contribution in [0.5, 0.6) is 0 Å². The van der Waals surface area contributed by atoms with Gasteiger partial charge in [0.25, 0.3) is 0 Å². The largest absolute Gasteiger partial charge is 0.462 e. The average Bonchev–Trinajstić information content (AvgIpc) is 3.27. The van der Waals surface area contributed by atoms with E-state index >= 15 is 0 Å². The second kappa shape index (κ2) is 52.9.